The van der Waals surface area contributed by atoms with Gasteiger partial charge in [0.05, 0.1) is 24.4 Å². The van der Waals surface area contributed by atoms with Gasteiger partial charge in [0.2, 0.25) is 0 Å². The molecule has 0 amide bonds. The largest absolute Gasteiger partial charge is 0.492 e. The van der Waals surface area contributed by atoms with E-state index in [0.29, 0.717) is 18.8 Å². The Balaban J connectivity index is 1.29. The Morgan fingerprint density at radius 1 is 0.971 bits per heavy atom. The molecule has 0 aliphatic rings. The van der Waals surface area contributed by atoms with Crippen molar-refractivity contribution in [1.29, 1.82) is 0 Å². The zero-order valence-electron chi connectivity index (χ0n) is 18.9. The van der Waals surface area contributed by atoms with E-state index in [1.807, 2.05) is 66.2 Å². The molecule has 0 bridgehead atoms. The molecule has 7 nitrogen and oxygen atoms in total. The molecule has 0 saturated carbocycles. The van der Waals surface area contributed by atoms with Gasteiger partial charge in [-0.1, -0.05) is 18.2 Å². The number of pyridine rings is 1. The Morgan fingerprint density at radius 3 is 2.68 bits per heavy atom. The number of para-hydroxylation sites is 1. The van der Waals surface area contributed by atoms with E-state index in [2.05, 4.69) is 19.9 Å². The number of hydrogen-bond acceptors (Lipinski definition) is 6. The lowest BCUT2D eigenvalue weighted by Gasteiger charge is -2.20. The molecule has 3 aromatic heterocycles. The van der Waals surface area contributed by atoms with Gasteiger partial charge in [-0.2, -0.15) is 0 Å². The van der Waals surface area contributed by atoms with E-state index in [-0.39, 0.29) is 5.56 Å². The maximum atomic E-state index is 12.7. The van der Waals surface area contributed by atoms with Gasteiger partial charge in [-0.25, -0.2) is 4.98 Å². The summed E-state index contributed by atoms with van der Waals surface area (Å²) < 4.78 is 11.3. The molecule has 2 N–H and O–H groups in total. The first-order chi connectivity index (χ1) is 16.7. The number of aromatic amines is 2. The average molecular weight is 475 g/mol. The molecule has 0 radical (unpaired) electrons. The van der Waals surface area contributed by atoms with E-state index >= 15 is 0 Å². The van der Waals surface area contributed by atoms with Crippen molar-refractivity contribution >= 4 is 33.1 Å². The van der Waals surface area contributed by atoms with Gasteiger partial charge < -0.3 is 19.4 Å². The van der Waals surface area contributed by atoms with Crippen molar-refractivity contribution in [2.75, 3.05) is 33.4 Å². The van der Waals surface area contributed by atoms with E-state index in [9.17, 15) is 4.79 Å². The third-order valence-electron chi connectivity index (χ3n) is 5.77. The lowest BCUT2D eigenvalue weighted by Crippen LogP contribution is -2.31. The molecular formula is C26H26N4O3S. The number of H-pyrrole nitrogens is 2. The first kappa shape index (κ1) is 22.3. The molecule has 174 valence electrons. The molecular weight excluding hydrogens is 448 g/mol. The number of methoxy groups -OCH3 is 1. The maximum Gasteiger partial charge on any atom is 0.257 e. The Labute approximate surface area is 201 Å². The van der Waals surface area contributed by atoms with Crippen molar-refractivity contribution in [2.24, 2.45) is 0 Å². The number of benzene rings is 2. The highest BCUT2D eigenvalue weighted by atomic mass is 32.1. The lowest BCUT2D eigenvalue weighted by molar-refractivity contribution is 0.131. The number of nitrogens with zero attached hydrogens (tertiary/aromatic N) is 2. The number of rotatable bonds is 10. The summed E-state index contributed by atoms with van der Waals surface area (Å²) in [4.78, 5) is 25.6. The Morgan fingerprint density at radius 2 is 1.82 bits per heavy atom. The van der Waals surface area contributed by atoms with Crippen LogP contribution in [0.3, 0.4) is 0 Å². The van der Waals surface area contributed by atoms with Gasteiger partial charge in [0.1, 0.15) is 17.4 Å². The first-order valence-corrected chi connectivity index (χ1v) is 12.1. The number of thiazole rings is 1. The van der Waals surface area contributed by atoms with Crippen molar-refractivity contribution < 1.29 is 9.47 Å². The number of fused-ring (bicyclic) bond motifs is 2. The summed E-state index contributed by atoms with van der Waals surface area (Å²) in [5, 5.41) is 5.07. The van der Waals surface area contributed by atoms with Crippen LogP contribution in [0.2, 0.25) is 0 Å². The van der Waals surface area contributed by atoms with Crippen LogP contribution in [-0.2, 0) is 11.3 Å². The second-order valence-electron chi connectivity index (χ2n) is 8.07. The van der Waals surface area contributed by atoms with Gasteiger partial charge in [0.15, 0.2) is 0 Å². The fourth-order valence-corrected chi connectivity index (χ4v) is 4.66. The summed E-state index contributed by atoms with van der Waals surface area (Å²) in [6.07, 6.45) is 1.83. The Kier molecular flexibility index (Phi) is 6.71. The summed E-state index contributed by atoms with van der Waals surface area (Å²) in [7, 11) is 1.71. The molecule has 5 aromatic rings. The summed E-state index contributed by atoms with van der Waals surface area (Å²) in [6.45, 7) is 3.59. The molecule has 0 aliphatic carbocycles. The highest BCUT2D eigenvalue weighted by Gasteiger charge is 2.11. The molecule has 0 atom stereocenters. The maximum absolute atomic E-state index is 12.7. The van der Waals surface area contributed by atoms with Crippen molar-refractivity contribution in [2.45, 2.75) is 6.54 Å². The molecule has 0 fully saturated rings. The molecule has 5 rings (SSSR count). The Hall–Kier alpha value is -3.46. The van der Waals surface area contributed by atoms with Gasteiger partial charge in [-0.15, -0.1) is 11.3 Å². The fourth-order valence-electron chi connectivity index (χ4n) is 4.00. The van der Waals surface area contributed by atoms with E-state index < -0.39 is 0 Å². The van der Waals surface area contributed by atoms with Crippen LogP contribution >= 0.6 is 11.3 Å². The topological polar surface area (TPSA) is 83.2 Å². The van der Waals surface area contributed by atoms with Crippen LogP contribution in [0.4, 0.5) is 0 Å². The molecule has 34 heavy (non-hydrogen) atoms. The van der Waals surface area contributed by atoms with E-state index in [0.717, 1.165) is 57.9 Å². The van der Waals surface area contributed by atoms with Gasteiger partial charge in [0.25, 0.3) is 5.56 Å². The minimum absolute atomic E-state index is 0.113. The molecule has 0 aliphatic heterocycles. The zero-order chi connectivity index (χ0) is 23.3. The van der Waals surface area contributed by atoms with E-state index in [1.54, 1.807) is 18.4 Å². The minimum atomic E-state index is -0.113. The SMILES string of the molecule is COCCN(CCOc1ccc2[nH]c(-c3cc4ccccc4[nH]c3=O)cc2c1)Cc1nccs1. The van der Waals surface area contributed by atoms with E-state index in [4.69, 9.17) is 9.47 Å². The smallest absolute Gasteiger partial charge is 0.257 e. The first-order valence-electron chi connectivity index (χ1n) is 11.2. The number of ether oxygens (including phenoxy) is 2. The molecule has 8 heteroatoms. The van der Waals surface area contributed by atoms with Crippen LogP contribution in [0, 0.1) is 0 Å². The number of hydrogen-bond donors (Lipinski definition) is 2. The lowest BCUT2D eigenvalue weighted by atomic mass is 10.1. The molecule has 2 aromatic carbocycles. The quantitative estimate of drug-likeness (QED) is 0.308. The third kappa shape index (κ3) is 5.04. The third-order valence-corrected chi connectivity index (χ3v) is 6.53. The normalized spacial score (nSPS) is 11.6. The second-order valence-corrected chi connectivity index (χ2v) is 9.05. The van der Waals surface area contributed by atoms with Crippen molar-refractivity contribution in [1.82, 2.24) is 19.9 Å². The summed E-state index contributed by atoms with van der Waals surface area (Å²) in [5.41, 5.74) is 3.08. The number of aromatic nitrogens is 3. The summed E-state index contributed by atoms with van der Waals surface area (Å²) >= 11 is 1.66. The molecule has 0 unspecified atom stereocenters. The fraction of sp³-hybridized carbons (Fsp3) is 0.231. The molecule has 3 heterocycles. The van der Waals surface area contributed by atoms with Crippen molar-refractivity contribution in [3.8, 4) is 17.0 Å². The standard InChI is InChI=1S/C26H26N4O3S/c1-32-11-9-30(17-25-27-8-13-34-25)10-12-33-20-6-7-23-19(14-20)16-24(28-23)21-15-18-4-2-3-5-22(18)29-26(21)31/h2-8,13-16,28H,9-12,17H2,1H3,(H,29,31). The zero-order valence-corrected chi connectivity index (χ0v) is 19.7. The summed E-state index contributed by atoms with van der Waals surface area (Å²) in [5.74, 6) is 0.798. The van der Waals surface area contributed by atoms with Gasteiger partial charge in [-0.05, 0) is 41.8 Å². The van der Waals surface area contributed by atoms with Crippen LogP contribution in [0.1, 0.15) is 5.01 Å². The van der Waals surface area contributed by atoms with E-state index in [1.165, 1.54) is 0 Å². The molecule has 0 spiro atoms. The van der Waals surface area contributed by atoms with Crippen LogP contribution in [0.25, 0.3) is 33.1 Å². The molecule has 0 saturated heterocycles. The second kappa shape index (κ2) is 10.2. The van der Waals surface area contributed by atoms with Gasteiger partial charge in [-0.3, -0.25) is 9.69 Å². The van der Waals surface area contributed by atoms with Gasteiger partial charge in [0, 0.05) is 48.2 Å². The van der Waals surface area contributed by atoms with Crippen LogP contribution in [0.5, 0.6) is 5.75 Å². The average Bonchev–Trinajstić information content (AvgIpc) is 3.51. The van der Waals surface area contributed by atoms with Crippen molar-refractivity contribution in [3.63, 3.8) is 0 Å². The van der Waals surface area contributed by atoms with Crippen molar-refractivity contribution in [3.05, 3.63) is 81.5 Å². The summed E-state index contributed by atoms with van der Waals surface area (Å²) in [6, 6.07) is 17.6. The predicted molar refractivity (Wildman–Crippen MR) is 137 cm³/mol. The van der Waals surface area contributed by atoms with Crippen LogP contribution in [-0.4, -0.2) is 53.3 Å². The Bertz CT molecular complexity index is 1440. The van der Waals surface area contributed by atoms with Gasteiger partial charge >= 0.3 is 0 Å². The predicted octanol–water partition coefficient (Wildman–Crippen LogP) is 4.66. The highest BCUT2D eigenvalue weighted by molar-refractivity contribution is 7.09. The number of nitrogens with one attached hydrogen (secondary N) is 2. The minimum Gasteiger partial charge on any atom is -0.492 e. The van der Waals surface area contributed by atoms with Crippen LogP contribution < -0.4 is 10.3 Å². The monoisotopic (exact) mass is 474 g/mol. The van der Waals surface area contributed by atoms with Crippen LogP contribution in [0.15, 0.2) is 71.0 Å². The highest BCUT2D eigenvalue weighted by Crippen LogP contribution is 2.27.